The lowest BCUT2D eigenvalue weighted by Gasteiger charge is -2.22. The van der Waals surface area contributed by atoms with E-state index in [0.717, 1.165) is 25.6 Å². The maximum absolute atomic E-state index is 5.83. The van der Waals surface area contributed by atoms with Crippen LogP contribution in [-0.2, 0) is 19.5 Å². The highest BCUT2D eigenvalue weighted by Crippen LogP contribution is 2.29. The van der Waals surface area contributed by atoms with Crippen molar-refractivity contribution in [3.8, 4) is 0 Å². The van der Waals surface area contributed by atoms with Gasteiger partial charge < -0.3 is 5.73 Å². The molecule has 1 heterocycles. The standard InChI is InChI=1S/C17H22N2S/c18-12-15-5-2-1-4-14(15)9-10-19(16-7-8-16)13-17-6-3-11-20-17/h1-6,11,16H,7-10,12-13,18H2. The summed E-state index contributed by atoms with van der Waals surface area (Å²) in [5, 5.41) is 2.17. The Kier molecular flexibility index (Phi) is 4.51. The van der Waals surface area contributed by atoms with Gasteiger partial charge in [-0.15, -0.1) is 11.3 Å². The molecule has 0 aliphatic heterocycles. The predicted molar refractivity (Wildman–Crippen MR) is 85.8 cm³/mol. The van der Waals surface area contributed by atoms with Gasteiger partial charge in [-0.1, -0.05) is 30.3 Å². The second kappa shape index (κ2) is 6.53. The van der Waals surface area contributed by atoms with Crippen LogP contribution in [0.3, 0.4) is 0 Å². The Morgan fingerprint density at radius 1 is 1.10 bits per heavy atom. The summed E-state index contributed by atoms with van der Waals surface area (Å²) in [6, 6.07) is 13.8. The molecule has 0 bridgehead atoms. The van der Waals surface area contributed by atoms with E-state index in [9.17, 15) is 0 Å². The van der Waals surface area contributed by atoms with E-state index in [2.05, 4.69) is 46.7 Å². The summed E-state index contributed by atoms with van der Waals surface area (Å²) in [6.07, 6.45) is 3.84. The van der Waals surface area contributed by atoms with Crippen LogP contribution in [-0.4, -0.2) is 17.5 Å². The summed E-state index contributed by atoms with van der Waals surface area (Å²) >= 11 is 1.86. The molecule has 1 aromatic carbocycles. The molecule has 1 aliphatic rings. The Labute approximate surface area is 125 Å². The van der Waals surface area contributed by atoms with Crippen molar-refractivity contribution in [3.63, 3.8) is 0 Å². The number of nitrogens with zero attached hydrogens (tertiary/aromatic N) is 1. The highest BCUT2D eigenvalue weighted by atomic mass is 32.1. The zero-order chi connectivity index (χ0) is 13.8. The molecule has 1 saturated carbocycles. The largest absolute Gasteiger partial charge is 0.326 e. The van der Waals surface area contributed by atoms with E-state index in [-0.39, 0.29) is 0 Å². The Hall–Kier alpha value is -1.16. The summed E-state index contributed by atoms with van der Waals surface area (Å²) in [7, 11) is 0. The molecular weight excluding hydrogens is 264 g/mol. The van der Waals surface area contributed by atoms with E-state index < -0.39 is 0 Å². The average Bonchev–Trinajstić information content (AvgIpc) is 3.21. The predicted octanol–water partition coefficient (Wildman–Crippen LogP) is 3.41. The van der Waals surface area contributed by atoms with Gasteiger partial charge in [-0.25, -0.2) is 0 Å². The molecule has 106 valence electrons. The number of hydrogen-bond acceptors (Lipinski definition) is 3. The fraction of sp³-hybridized carbons (Fsp3) is 0.412. The first-order valence-corrected chi connectivity index (χ1v) is 8.28. The van der Waals surface area contributed by atoms with Crippen LogP contribution >= 0.6 is 11.3 Å². The van der Waals surface area contributed by atoms with Crippen LogP contribution in [0.25, 0.3) is 0 Å². The van der Waals surface area contributed by atoms with Gasteiger partial charge in [0.1, 0.15) is 0 Å². The second-order valence-electron chi connectivity index (χ2n) is 5.50. The summed E-state index contributed by atoms with van der Waals surface area (Å²) in [4.78, 5) is 4.11. The van der Waals surface area contributed by atoms with Crippen molar-refractivity contribution in [3.05, 3.63) is 57.8 Å². The third-order valence-corrected chi connectivity index (χ3v) is 4.87. The molecule has 0 saturated heterocycles. The van der Waals surface area contributed by atoms with Crippen molar-refractivity contribution in [1.29, 1.82) is 0 Å². The average molecular weight is 286 g/mol. The van der Waals surface area contributed by atoms with Crippen molar-refractivity contribution in [2.75, 3.05) is 6.54 Å². The number of thiophene rings is 1. The minimum absolute atomic E-state index is 0.643. The van der Waals surface area contributed by atoms with Crippen LogP contribution in [0.15, 0.2) is 41.8 Å². The Morgan fingerprint density at radius 3 is 2.55 bits per heavy atom. The van der Waals surface area contributed by atoms with E-state index in [0.29, 0.717) is 6.54 Å². The van der Waals surface area contributed by atoms with Crippen LogP contribution in [0.4, 0.5) is 0 Å². The van der Waals surface area contributed by atoms with Gasteiger partial charge in [-0.3, -0.25) is 4.90 Å². The molecule has 20 heavy (non-hydrogen) atoms. The number of hydrogen-bond donors (Lipinski definition) is 1. The van der Waals surface area contributed by atoms with Gasteiger partial charge in [-0.05, 0) is 41.8 Å². The molecule has 0 spiro atoms. The number of rotatable bonds is 7. The minimum Gasteiger partial charge on any atom is -0.326 e. The normalized spacial score (nSPS) is 14.9. The summed E-state index contributed by atoms with van der Waals surface area (Å²) < 4.78 is 0. The molecule has 0 amide bonds. The molecule has 0 atom stereocenters. The smallest absolute Gasteiger partial charge is 0.0330 e. The van der Waals surface area contributed by atoms with E-state index >= 15 is 0 Å². The zero-order valence-electron chi connectivity index (χ0n) is 11.8. The third kappa shape index (κ3) is 3.48. The van der Waals surface area contributed by atoms with Crippen molar-refractivity contribution < 1.29 is 0 Å². The molecule has 2 aromatic rings. The van der Waals surface area contributed by atoms with Crippen LogP contribution in [0.2, 0.25) is 0 Å². The van der Waals surface area contributed by atoms with Gasteiger partial charge in [0.15, 0.2) is 0 Å². The van der Waals surface area contributed by atoms with Gasteiger partial charge in [0.25, 0.3) is 0 Å². The Morgan fingerprint density at radius 2 is 1.90 bits per heavy atom. The molecule has 2 nitrogen and oxygen atoms in total. The SMILES string of the molecule is NCc1ccccc1CCN(Cc1cccs1)C1CC1. The summed E-state index contributed by atoms with van der Waals surface area (Å²) in [5.74, 6) is 0. The monoisotopic (exact) mass is 286 g/mol. The van der Waals surface area contributed by atoms with Crippen molar-refractivity contribution >= 4 is 11.3 Å². The lowest BCUT2D eigenvalue weighted by molar-refractivity contribution is 0.260. The molecule has 3 heteroatoms. The Balaban J connectivity index is 1.62. The fourth-order valence-corrected chi connectivity index (χ4v) is 3.43. The van der Waals surface area contributed by atoms with E-state index in [1.807, 2.05) is 11.3 Å². The molecule has 0 radical (unpaired) electrons. The summed E-state index contributed by atoms with van der Waals surface area (Å²) in [6.45, 7) is 2.89. The highest BCUT2D eigenvalue weighted by molar-refractivity contribution is 7.09. The van der Waals surface area contributed by atoms with Crippen molar-refractivity contribution in [2.24, 2.45) is 5.73 Å². The van der Waals surface area contributed by atoms with Crippen LogP contribution in [0, 0.1) is 0 Å². The van der Waals surface area contributed by atoms with Gasteiger partial charge in [0.2, 0.25) is 0 Å². The second-order valence-corrected chi connectivity index (χ2v) is 6.54. The minimum atomic E-state index is 0.643. The zero-order valence-corrected chi connectivity index (χ0v) is 12.6. The number of nitrogens with two attached hydrogens (primary N) is 1. The van der Waals surface area contributed by atoms with Gasteiger partial charge >= 0.3 is 0 Å². The lowest BCUT2D eigenvalue weighted by Crippen LogP contribution is -2.27. The van der Waals surface area contributed by atoms with E-state index in [1.165, 1.54) is 28.8 Å². The first kappa shape index (κ1) is 13.8. The van der Waals surface area contributed by atoms with E-state index in [4.69, 9.17) is 5.73 Å². The number of benzene rings is 1. The van der Waals surface area contributed by atoms with Crippen LogP contribution in [0.1, 0.15) is 28.8 Å². The Bertz CT molecular complexity index is 532. The fourth-order valence-electron chi connectivity index (χ4n) is 2.70. The first-order chi connectivity index (χ1) is 9.86. The van der Waals surface area contributed by atoms with Gasteiger partial charge in [0.05, 0.1) is 0 Å². The van der Waals surface area contributed by atoms with Crippen LogP contribution < -0.4 is 5.73 Å². The summed E-state index contributed by atoms with van der Waals surface area (Å²) in [5.41, 5.74) is 8.53. The van der Waals surface area contributed by atoms with Gasteiger partial charge in [0, 0.05) is 30.6 Å². The molecule has 2 N–H and O–H groups in total. The first-order valence-electron chi connectivity index (χ1n) is 7.40. The van der Waals surface area contributed by atoms with Crippen LogP contribution in [0.5, 0.6) is 0 Å². The molecular formula is C17H22N2S. The lowest BCUT2D eigenvalue weighted by atomic mass is 10.0. The highest BCUT2D eigenvalue weighted by Gasteiger charge is 2.28. The molecule has 3 rings (SSSR count). The van der Waals surface area contributed by atoms with E-state index in [1.54, 1.807) is 0 Å². The topological polar surface area (TPSA) is 29.3 Å². The third-order valence-electron chi connectivity index (χ3n) is 4.01. The maximum atomic E-state index is 5.83. The molecule has 1 aromatic heterocycles. The van der Waals surface area contributed by atoms with Gasteiger partial charge in [-0.2, -0.15) is 0 Å². The molecule has 1 aliphatic carbocycles. The quantitative estimate of drug-likeness (QED) is 0.845. The van der Waals surface area contributed by atoms with Crippen molar-refractivity contribution in [2.45, 2.75) is 38.4 Å². The maximum Gasteiger partial charge on any atom is 0.0330 e. The van der Waals surface area contributed by atoms with Crippen molar-refractivity contribution in [1.82, 2.24) is 4.90 Å². The molecule has 0 unspecified atom stereocenters. The molecule has 1 fully saturated rings.